The highest BCUT2D eigenvalue weighted by molar-refractivity contribution is 6.60. The Labute approximate surface area is 191 Å². The van der Waals surface area contributed by atoms with Gasteiger partial charge < -0.3 is 10.6 Å². The first-order valence-electron chi connectivity index (χ1n) is 8.86. The molecule has 0 aliphatic heterocycles. The summed E-state index contributed by atoms with van der Waals surface area (Å²) >= 11 is 24.4. The van der Waals surface area contributed by atoms with E-state index in [1.807, 2.05) is 24.3 Å². The van der Waals surface area contributed by atoms with E-state index in [1.165, 1.54) is 0 Å². The minimum atomic E-state index is -0.131. The summed E-state index contributed by atoms with van der Waals surface area (Å²) in [5.74, 6) is 0. The summed E-state index contributed by atoms with van der Waals surface area (Å²) < 4.78 is 0. The maximum absolute atomic E-state index is 11.8. The zero-order chi connectivity index (χ0) is 20.4. The molecule has 0 saturated heterocycles. The Morgan fingerprint density at radius 1 is 0.750 bits per heavy atom. The Hall–Kier alpha value is -0.696. The van der Waals surface area contributed by atoms with Crippen LogP contribution in [0, 0.1) is 0 Å². The number of hydrogen-bond acceptors (Lipinski definition) is 1. The molecule has 9 heteroatoms. The normalized spacial score (nSPS) is 10.7. The summed E-state index contributed by atoms with van der Waals surface area (Å²) in [7, 11) is 1.16. The largest absolute Gasteiger partial charge is 0.338 e. The highest BCUT2D eigenvalue weighted by Gasteiger charge is 2.06. The number of benzene rings is 2. The van der Waals surface area contributed by atoms with Crippen LogP contribution in [0.25, 0.3) is 0 Å². The van der Waals surface area contributed by atoms with Crippen LogP contribution in [-0.4, -0.2) is 38.2 Å². The van der Waals surface area contributed by atoms with Crippen LogP contribution in [0.3, 0.4) is 0 Å². The van der Waals surface area contributed by atoms with Crippen LogP contribution in [0.4, 0.5) is 4.79 Å². The number of hydrogen-bond donors (Lipinski definition) is 2. The maximum atomic E-state index is 11.8. The molecule has 0 aliphatic rings. The third-order valence-electron chi connectivity index (χ3n) is 3.81. The van der Waals surface area contributed by atoms with Crippen LogP contribution in [-0.2, 0) is 0 Å². The van der Waals surface area contributed by atoms with Crippen molar-refractivity contribution in [1.82, 2.24) is 10.6 Å². The Morgan fingerprint density at radius 2 is 1.18 bits per heavy atom. The number of rotatable bonds is 10. The quantitative estimate of drug-likeness (QED) is 0.372. The number of carbonyl (C=O) groups excluding carboxylic acids is 1. The van der Waals surface area contributed by atoms with E-state index in [0.29, 0.717) is 52.2 Å². The average Bonchev–Trinajstić information content (AvgIpc) is 2.67. The Balaban J connectivity index is 1.52. The van der Waals surface area contributed by atoms with Crippen LogP contribution in [0.2, 0.25) is 32.2 Å². The summed E-state index contributed by atoms with van der Waals surface area (Å²) in [6, 6.07) is 13.2. The van der Waals surface area contributed by atoms with Crippen molar-refractivity contribution in [2.75, 3.05) is 13.1 Å². The minimum Gasteiger partial charge on any atom is -0.338 e. The number of urea groups is 1. The van der Waals surface area contributed by atoms with Gasteiger partial charge in [-0.15, -0.1) is 0 Å². The van der Waals surface area contributed by atoms with Crippen molar-refractivity contribution < 1.29 is 4.79 Å². The molecule has 0 bridgehead atoms. The van der Waals surface area contributed by atoms with E-state index in [4.69, 9.17) is 46.4 Å². The SMILES string of the molecule is O=C(NCCC[Si]c1cccc(Cl)c1Cl)NCCC[Si]c1cccc(Cl)c1Cl. The lowest BCUT2D eigenvalue weighted by Crippen LogP contribution is -2.36. The summed E-state index contributed by atoms with van der Waals surface area (Å²) in [5.41, 5.74) is 0. The van der Waals surface area contributed by atoms with Crippen LogP contribution >= 0.6 is 46.4 Å². The molecule has 148 valence electrons. The van der Waals surface area contributed by atoms with E-state index in [0.717, 1.165) is 35.3 Å². The Morgan fingerprint density at radius 3 is 1.61 bits per heavy atom. The van der Waals surface area contributed by atoms with Gasteiger partial charge in [-0.3, -0.25) is 0 Å². The van der Waals surface area contributed by atoms with Gasteiger partial charge >= 0.3 is 6.03 Å². The molecule has 2 amide bonds. The van der Waals surface area contributed by atoms with Crippen molar-refractivity contribution >= 4 is 81.8 Å². The average molecular weight is 490 g/mol. The highest BCUT2D eigenvalue weighted by atomic mass is 35.5. The van der Waals surface area contributed by atoms with Crippen molar-refractivity contribution in [3.8, 4) is 0 Å². The fourth-order valence-corrected chi connectivity index (χ4v) is 5.78. The van der Waals surface area contributed by atoms with Crippen molar-refractivity contribution in [1.29, 1.82) is 0 Å². The number of nitrogens with one attached hydrogen (secondary N) is 2. The zero-order valence-electron chi connectivity index (χ0n) is 15.1. The van der Waals surface area contributed by atoms with Gasteiger partial charge in [0.05, 0.1) is 39.1 Å². The summed E-state index contributed by atoms with van der Waals surface area (Å²) in [5, 5.41) is 10.3. The van der Waals surface area contributed by atoms with E-state index in [1.54, 1.807) is 12.1 Å². The van der Waals surface area contributed by atoms with Crippen molar-refractivity contribution in [2.24, 2.45) is 0 Å². The second kappa shape index (κ2) is 12.8. The third kappa shape index (κ3) is 7.97. The molecule has 2 aromatic rings. The van der Waals surface area contributed by atoms with Gasteiger partial charge in [-0.25, -0.2) is 4.79 Å². The molecule has 3 nitrogen and oxygen atoms in total. The van der Waals surface area contributed by atoms with E-state index < -0.39 is 0 Å². The molecule has 2 aromatic carbocycles. The number of carbonyl (C=O) groups is 1. The van der Waals surface area contributed by atoms with Crippen molar-refractivity contribution in [3.63, 3.8) is 0 Å². The van der Waals surface area contributed by atoms with E-state index in [9.17, 15) is 4.79 Å². The molecule has 0 spiro atoms. The first-order chi connectivity index (χ1) is 13.5. The Kier molecular flexibility index (Phi) is 10.8. The summed E-state index contributed by atoms with van der Waals surface area (Å²) in [6.07, 6.45) is 1.78. The zero-order valence-corrected chi connectivity index (χ0v) is 20.2. The second-order valence-corrected chi connectivity index (χ2v) is 10.3. The molecule has 0 fully saturated rings. The van der Waals surface area contributed by atoms with Crippen LogP contribution in [0.1, 0.15) is 12.8 Å². The molecular formula is C19H20Cl4N2OSi2. The van der Waals surface area contributed by atoms with Gasteiger partial charge in [0.25, 0.3) is 0 Å². The van der Waals surface area contributed by atoms with Gasteiger partial charge in [-0.2, -0.15) is 0 Å². The monoisotopic (exact) mass is 488 g/mol. The second-order valence-electron chi connectivity index (χ2n) is 5.95. The highest BCUT2D eigenvalue weighted by Crippen LogP contribution is 2.19. The predicted molar refractivity (Wildman–Crippen MR) is 124 cm³/mol. The standard InChI is InChI=1S/C19H20Cl4N2OSi2/c20-13-5-1-7-15(17(13)22)27-11-3-9-24-19(26)25-10-4-12-28-16-8-2-6-14(21)18(16)23/h1-2,5-8H,3-4,9-12H2,(H2,24,25,26). The lowest BCUT2D eigenvalue weighted by molar-refractivity contribution is 0.241. The molecule has 0 heterocycles. The molecule has 2 rings (SSSR count). The number of amides is 2. The lowest BCUT2D eigenvalue weighted by atomic mass is 10.4. The maximum Gasteiger partial charge on any atom is 0.314 e. The molecule has 0 unspecified atom stereocenters. The molecule has 0 aliphatic carbocycles. The van der Waals surface area contributed by atoms with E-state index in [2.05, 4.69) is 10.6 Å². The first kappa shape index (κ1) is 23.6. The summed E-state index contributed by atoms with van der Waals surface area (Å²) in [6.45, 7) is 1.27. The molecule has 0 saturated carbocycles. The Bertz CT molecular complexity index is 729. The fourth-order valence-electron chi connectivity index (χ4n) is 2.37. The van der Waals surface area contributed by atoms with E-state index in [-0.39, 0.29) is 6.03 Å². The smallest absolute Gasteiger partial charge is 0.314 e. The van der Waals surface area contributed by atoms with Gasteiger partial charge in [-0.05, 0) is 35.3 Å². The van der Waals surface area contributed by atoms with Crippen LogP contribution in [0.5, 0.6) is 0 Å². The summed E-state index contributed by atoms with van der Waals surface area (Å²) in [4.78, 5) is 11.8. The predicted octanol–water partition coefficient (Wildman–Crippen LogP) is 4.58. The minimum absolute atomic E-state index is 0.131. The van der Waals surface area contributed by atoms with Gasteiger partial charge in [-0.1, -0.05) is 82.8 Å². The van der Waals surface area contributed by atoms with Gasteiger partial charge in [0.2, 0.25) is 0 Å². The van der Waals surface area contributed by atoms with E-state index >= 15 is 0 Å². The van der Waals surface area contributed by atoms with Gasteiger partial charge in [0, 0.05) is 13.1 Å². The van der Waals surface area contributed by atoms with Crippen molar-refractivity contribution in [2.45, 2.75) is 24.9 Å². The van der Waals surface area contributed by atoms with Crippen LogP contribution < -0.4 is 21.0 Å². The molecule has 4 radical (unpaired) electrons. The van der Waals surface area contributed by atoms with Crippen molar-refractivity contribution in [3.05, 3.63) is 56.5 Å². The molecule has 28 heavy (non-hydrogen) atoms. The molecular weight excluding hydrogens is 470 g/mol. The first-order valence-corrected chi connectivity index (χ1v) is 12.8. The molecule has 0 aromatic heterocycles. The third-order valence-corrected chi connectivity index (χ3v) is 8.57. The van der Waals surface area contributed by atoms with Gasteiger partial charge in [0.15, 0.2) is 0 Å². The molecule has 2 N–H and O–H groups in total. The molecule has 0 atom stereocenters. The lowest BCUT2D eigenvalue weighted by Gasteiger charge is -2.08. The van der Waals surface area contributed by atoms with Crippen LogP contribution in [0.15, 0.2) is 36.4 Å². The fraction of sp³-hybridized carbons (Fsp3) is 0.316. The van der Waals surface area contributed by atoms with Gasteiger partial charge in [0.1, 0.15) is 0 Å². The topological polar surface area (TPSA) is 41.1 Å². The number of halogens is 4.